The van der Waals surface area contributed by atoms with E-state index in [1.165, 1.54) is 12.8 Å². The monoisotopic (exact) mass is 254 g/mol. The van der Waals surface area contributed by atoms with Crippen molar-refractivity contribution in [1.29, 1.82) is 0 Å². The molecular weight excluding hydrogens is 224 g/mol. The van der Waals surface area contributed by atoms with Gasteiger partial charge in [0.15, 0.2) is 0 Å². The van der Waals surface area contributed by atoms with Gasteiger partial charge in [0.1, 0.15) is 0 Å². The lowest BCUT2D eigenvalue weighted by Gasteiger charge is -2.28. The molecule has 0 bridgehead atoms. The fraction of sp³-hybridized carbons (Fsp3) is 0.933. The lowest BCUT2D eigenvalue weighted by molar-refractivity contribution is -0.126. The van der Waals surface area contributed by atoms with Gasteiger partial charge in [-0.2, -0.15) is 0 Å². The fourth-order valence-corrected chi connectivity index (χ4v) is 2.99. The Kier molecular flexibility index (Phi) is 7.33. The predicted octanol–water partition coefficient (Wildman–Crippen LogP) is 2.69. The molecule has 3 heteroatoms. The summed E-state index contributed by atoms with van der Waals surface area (Å²) in [4.78, 5) is 12.1. The molecule has 3 nitrogen and oxygen atoms in total. The molecule has 1 saturated carbocycles. The highest BCUT2D eigenvalue weighted by Crippen LogP contribution is 2.30. The average molecular weight is 254 g/mol. The number of amides is 1. The van der Waals surface area contributed by atoms with Crippen molar-refractivity contribution >= 4 is 5.91 Å². The van der Waals surface area contributed by atoms with Crippen LogP contribution < -0.4 is 11.1 Å². The summed E-state index contributed by atoms with van der Waals surface area (Å²) in [6, 6.07) is 0. The second-order valence-electron chi connectivity index (χ2n) is 5.73. The summed E-state index contributed by atoms with van der Waals surface area (Å²) < 4.78 is 0. The number of carbonyl (C=O) groups excluding carboxylic acids is 1. The maximum Gasteiger partial charge on any atom is 0.223 e. The molecule has 0 spiro atoms. The Labute approximate surface area is 112 Å². The Morgan fingerprint density at radius 2 is 2.06 bits per heavy atom. The number of hydrogen-bond donors (Lipinski definition) is 2. The zero-order chi connectivity index (χ0) is 13.4. The lowest BCUT2D eigenvalue weighted by Crippen LogP contribution is -2.36. The van der Waals surface area contributed by atoms with Crippen LogP contribution in [0.5, 0.6) is 0 Å². The van der Waals surface area contributed by atoms with Crippen molar-refractivity contribution in [2.75, 3.05) is 13.1 Å². The van der Waals surface area contributed by atoms with Gasteiger partial charge in [-0.3, -0.25) is 4.79 Å². The Morgan fingerprint density at radius 3 is 2.67 bits per heavy atom. The molecule has 18 heavy (non-hydrogen) atoms. The first-order chi connectivity index (χ1) is 8.71. The van der Waals surface area contributed by atoms with Gasteiger partial charge < -0.3 is 11.1 Å². The van der Waals surface area contributed by atoms with Crippen LogP contribution >= 0.6 is 0 Å². The molecule has 2 unspecified atom stereocenters. The van der Waals surface area contributed by atoms with Crippen LogP contribution in [-0.2, 0) is 4.79 Å². The number of carbonyl (C=O) groups is 1. The van der Waals surface area contributed by atoms with Crippen LogP contribution in [-0.4, -0.2) is 19.0 Å². The van der Waals surface area contributed by atoms with Gasteiger partial charge in [-0.05, 0) is 37.6 Å². The third-order valence-corrected chi connectivity index (χ3v) is 4.45. The summed E-state index contributed by atoms with van der Waals surface area (Å²) in [6.07, 6.45) is 7.94. The quantitative estimate of drug-likeness (QED) is 0.734. The SMILES string of the molecule is CCC(CC)CNC(=O)C1CCCC(CCN)C1. The summed E-state index contributed by atoms with van der Waals surface area (Å²) in [5.74, 6) is 1.83. The summed E-state index contributed by atoms with van der Waals surface area (Å²) in [5, 5.41) is 3.15. The normalized spacial score (nSPS) is 24.2. The molecule has 1 aliphatic rings. The molecule has 0 saturated heterocycles. The molecule has 1 fully saturated rings. The molecule has 1 amide bonds. The lowest BCUT2D eigenvalue weighted by atomic mass is 9.79. The standard InChI is InChI=1S/C15H30N2O/c1-3-12(4-2)11-17-15(18)14-7-5-6-13(10-14)8-9-16/h12-14H,3-11,16H2,1-2H3,(H,17,18). The largest absolute Gasteiger partial charge is 0.356 e. The van der Waals surface area contributed by atoms with Crippen molar-refractivity contribution < 1.29 is 4.79 Å². The topological polar surface area (TPSA) is 55.1 Å². The number of hydrogen-bond acceptors (Lipinski definition) is 2. The van der Waals surface area contributed by atoms with Crippen LogP contribution in [0.1, 0.15) is 58.8 Å². The number of nitrogens with two attached hydrogens (primary N) is 1. The van der Waals surface area contributed by atoms with E-state index in [-0.39, 0.29) is 11.8 Å². The van der Waals surface area contributed by atoms with Crippen molar-refractivity contribution in [2.45, 2.75) is 58.8 Å². The first kappa shape index (κ1) is 15.5. The van der Waals surface area contributed by atoms with Gasteiger partial charge >= 0.3 is 0 Å². The third kappa shape index (κ3) is 4.97. The minimum atomic E-state index is 0.240. The molecule has 3 N–H and O–H groups in total. The van der Waals surface area contributed by atoms with Crippen LogP contribution in [0.2, 0.25) is 0 Å². The fourth-order valence-electron chi connectivity index (χ4n) is 2.99. The Bertz CT molecular complexity index is 237. The maximum absolute atomic E-state index is 12.1. The zero-order valence-corrected chi connectivity index (χ0v) is 12.1. The van der Waals surface area contributed by atoms with Gasteiger partial charge in [0.25, 0.3) is 0 Å². The van der Waals surface area contributed by atoms with Gasteiger partial charge in [0.05, 0.1) is 0 Å². The van der Waals surface area contributed by atoms with Crippen molar-refractivity contribution in [2.24, 2.45) is 23.5 Å². The molecule has 106 valence electrons. The first-order valence-electron chi connectivity index (χ1n) is 7.68. The van der Waals surface area contributed by atoms with E-state index < -0.39 is 0 Å². The van der Waals surface area contributed by atoms with E-state index >= 15 is 0 Å². The van der Waals surface area contributed by atoms with Gasteiger partial charge in [0, 0.05) is 12.5 Å². The predicted molar refractivity (Wildman–Crippen MR) is 76.2 cm³/mol. The van der Waals surface area contributed by atoms with E-state index in [9.17, 15) is 4.79 Å². The second kappa shape index (κ2) is 8.52. The van der Waals surface area contributed by atoms with Gasteiger partial charge in [-0.25, -0.2) is 0 Å². The van der Waals surface area contributed by atoms with E-state index in [0.29, 0.717) is 11.8 Å². The Hall–Kier alpha value is -0.570. The average Bonchev–Trinajstić information content (AvgIpc) is 2.40. The first-order valence-corrected chi connectivity index (χ1v) is 7.68. The number of rotatable bonds is 7. The van der Waals surface area contributed by atoms with Crippen molar-refractivity contribution in [3.05, 3.63) is 0 Å². The van der Waals surface area contributed by atoms with Gasteiger partial charge in [-0.15, -0.1) is 0 Å². The molecule has 2 atom stereocenters. The van der Waals surface area contributed by atoms with Crippen LogP contribution in [0.3, 0.4) is 0 Å². The van der Waals surface area contributed by atoms with E-state index in [0.717, 1.165) is 45.2 Å². The summed E-state index contributed by atoms with van der Waals surface area (Å²) >= 11 is 0. The molecule has 0 heterocycles. The second-order valence-corrected chi connectivity index (χ2v) is 5.73. The van der Waals surface area contributed by atoms with Crippen molar-refractivity contribution in [3.8, 4) is 0 Å². The van der Waals surface area contributed by atoms with E-state index in [2.05, 4.69) is 19.2 Å². The molecule has 0 aliphatic heterocycles. The smallest absolute Gasteiger partial charge is 0.223 e. The molecule has 1 rings (SSSR count). The highest BCUT2D eigenvalue weighted by molar-refractivity contribution is 5.78. The molecule has 1 aliphatic carbocycles. The molecule has 0 aromatic heterocycles. The summed E-state index contributed by atoms with van der Waals surface area (Å²) in [7, 11) is 0. The van der Waals surface area contributed by atoms with E-state index in [1.807, 2.05) is 0 Å². The maximum atomic E-state index is 12.1. The van der Waals surface area contributed by atoms with E-state index in [4.69, 9.17) is 5.73 Å². The summed E-state index contributed by atoms with van der Waals surface area (Å²) in [6.45, 7) is 5.99. The third-order valence-electron chi connectivity index (χ3n) is 4.45. The van der Waals surface area contributed by atoms with Gasteiger partial charge in [-0.1, -0.05) is 39.5 Å². The summed E-state index contributed by atoms with van der Waals surface area (Å²) in [5.41, 5.74) is 5.61. The Balaban J connectivity index is 2.32. The highest BCUT2D eigenvalue weighted by atomic mass is 16.1. The zero-order valence-electron chi connectivity index (χ0n) is 12.1. The van der Waals surface area contributed by atoms with Gasteiger partial charge in [0.2, 0.25) is 5.91 Å². The molecule has 0 radical (unpaired) electrons. The van der Waals surface area contributed by atoms with Crippen LogP contribution in [0.15, 0.2) is 0 Å². The molecule has 0 aromatic rings. The number of nitrogens with one attached hydrogen (secondary N) is 1. The highest BCUT2D eigenvalue weighted by Gasteiger charge is 2.26. The van der Waals surface area contributed by atoms with Crippen LogP contribution in [0.25, 0.3) is 0 Å². The Morgan fingerprint density at radius 1 is 1.33 bits per heavy atom. The molecule has 0 aromatic carbocycles. The van der Waals surface area contributed by atoms with Crippen LogP contribution in [0, 0.1) is 17.8 Å². The minimum Gasteiger partial charge on any atom is -0.356 e. The van der Waals surface area contributed by atoms with E-state index in [1.54, 1.807) is 0 Å². The van der Waals surface area contributed by atoms with Crippen molar-refractivity contribution in [1.82, 2.24) is 5.32 Å². The minimum absolute atomic E-state index is 0.240. The molecular formula is C15H30N2O. The van der Waals surface area contributed by atoms with Crippen LogP contribution in [0.4, 0.5) is 0 Å². The van der Waals surface area contributed by atoms with Crippen molar-refractivity contribution in [3.63, 3.8) is 0 Å².